The molecular formula is C16H25NO3. The lowest BCUT2D eigenvalue weighted by Crippen LogP contribution is -2.28. The van der Waals surface area contributed by atoms with Gasteiger partial charge in [0, 0.05) is 7.11 Å². The summed E-state index contributed by atoms with van der Waals surface area (Å²) in [5.74, 6) is 2.38. The van der Waals surface area contributed by atoms with Gasteiger partial charge in [0.2, 0.25) is 0 Å². The third kappa shape index (κ3) is 3.64. The number of hydrogen-bond donors (Lipinski definition) is 1. The van der Waals surface area contributed by atoms with Crippen molar-refractivity contribution in [3.05, 3.63) is 23.3 Å². The van der Waals surface area contributed by atoms with Gasteiger partial charge in [0.05, 0.1) is 20.8 Å². The average molecular weight is 279 g/mol. The molecule has 1 aromatic rings. The van der Waals surface area contributed by atoms with Gasteiger partial charge in [-0.05, 0) is 61.5 Å². The molecule has 4 heteroatoms. The van der Waals surface area contributed by atoms with Gasteiger partial charge in [-0.15, -0.1) is 0 Å². The Bertz CT molecular complexity index is 428. The van der Waals surface area contributed by atoms with Crippen molar-refractivity contribution in [2.24, 2.45) is 5.92 Å². The van der Waals surface area contributed by atoms with Crippen molar-refractivity contribution in [3.63, 3.8) is 0 Å². The Morgan fingerprint density at radius 1 is 1.10 bits per heavy atom. The summed E-state index contributed by atoms with van der Waals surface area (Å²) in [6.45, 7) is 2.82. The van der Waals surface area contributed by atoms with Crippen LogP contribution >= 0.6 is 0 Å². The van der Waals surface area contributed by atoms with Crippen LogP contribution in [0.4, 0.5) is 0 Å². The third-order valence-electron chi connectivity index (χ3n) is 3.89. The second-order valence-corrected chi connectivity index (χ2v) is 5.32. The molecule has 0 unspecified atom stereocenters. The summed E-state index contributed by atoms with van der Waals surface area (Å²) in [6.07, 6.45) is 3.48. The number of methoxy groups -OCH3 is 3. The number of rotatable bonds is 6. The molecule has 1 aliphatic heterocycles. The minimum absolute atomic E-state index is 0.597. The summed E-state index contributed by atoms with van der Waals surface area (Å²) in [6, 6.07) is 4.18. The van der Waals surface area contributed by atoms with Crippen LogP contribution < -0.4 is 14.8 Å². The predicted molar refractivity (Wildman–Crippen MR) is 79.6 cm³/mol. The second kappa shape index (κ2) is 7.50. The summed E-state index contributed by atoms with van der Waals surface area (Å²) in [7, 11) is 5.10. The monoisotopic (exact) mass is 279 g/mol. The van der Waals surface area contributed by atoms with Crippen LogP contribution in [0.15, 0.2) is 12.1 Å². The largest absolute Gasteiger partial charge is 0.493 e. The van der Waals surface area contributed by atoms with E-state index in [9.17, 15) is 0 Å². The van der Waals surface area contributed by atoms with Crippen molar-refractivity contribution in [3.8, 4) is 11.5 Å². The number of nitrogens with one attached hydrogen (secondary N) is 1. The Hall–Kier alpha value is -1.26. The highest BCUT2D eigenvalue weighted by Gasteiger charge is 2.18. The molecule has 2 rings (SSSR count). The topological polar surface area (TPSA) is 39.7 Å². The standard InChI is InChI=1S/C16H25NO3/c1-18-11-13-9-14(8-12-4-6-17-7-5-12)16(20-3)15(10-13)19-2/h9-10,12,17H,4-8,11H2,1-3H3. The molecule has 0 amide bonds. The van der Waals surface area contributed by atoms with Gasteiger partial charge in [-0.25, -0.2) is 0 Å². The van der Waals surface area contributed by atoms with E-state index in [2.05, 4.69) is 11.4 Å². The van der Waals surface area contributed by atoms with Gasteiger partial charge >= 0.3 is 0 Å². The lowest BCUT2D eigenvalue weighted by Gasteiger charge is -2.24. The van der Waals surface area contributed by atoms with Crippen LogP contribution in [0.3, 0.4) is 0 Å². The zero-order chi connectivity index (χ0) is 14.4. The van der Waals surface area contributed by atoms with E-state index in [1.165, 1.54) is 18.4 Å². The molecule has 0 atom stereocenters. The fourth-order valence-corrected chi connectivity index (χ4v) is 2.90. The lowest BCUT2D eigenvalue weighted by atomic mass is 9.90. The molecule has 1 fully saturated rings. The van der Waals surface area contributed by atoms with E-state index in [0.717, 1.165) is 36.6 Å². The van der Waals surface area contributed by atoms with Crippen LogP contribution in [0.25, 0.3) is 0 Å². The Kier molecular flexibility index (Phi) is 5.68. The van der Waals surface area contributed by atoms with Crippen molar-refractivity contribution < 1.29 is 14.2 Å². The van der Waals surface area contributed by atoms with Crippen LogP contribution in [0.1, 0.15) is 24.0 Å². The van der Waals surface area contributed by atoms with Crippen LogP contribution in [0.2, 0.25) is 0 Å². The zero-order valence-corrected chi connectivity index (χ0v) is 12.7. The maximum Gasteiger partial charge on any atom is 0.163 e. The molecule has 1 aromatic carbocycles. The molecule has 4 nitrogen and oxygen atoms in total. The van der Waals surface area contributed by atoms with Gasteiger partial charge in [-0.1, -0.05) is 0 Å². The molecule has 1 N–H and O–H groups in total. The van der Waals surface area contributed by atoms with Crippen LogP contribution in [0.5, 0.6) is 11.5 Å². The first-order chi connectivity index (χ1) is 9.78. The van der Waals surface area contributed by atoms with Crippen molar-refractivity contribution in [1.82, 2.24) is 5.32 Å². The summed E-state index contributed by atoms with van der Waals surface area (Å²) in [5, 5.41) is 3.41. The molecule has 0 bridgehead atoms. The Morgan fingerprint density at radius 2 is 1.85 bits per heavy atom. The molecular weight excluding hydrogens is 254 g/mol. The van der Waals surface area contributed by atoms with Gasteiger partial charge < -0.3 is 19.5 Å². The molecule has 1 saturated heterocycles. The highest BCUT2D eigenvalue weighted by molar-refractivity contribution is 5.49. The van der Waals surface area contributed by atoms with E-state index < -0.39 is 0 Å². The number of hydrogen-bond acceptors (Lipinski definition) is 4. The minimum Gasteiger partial charge on any atom is -0.493 e. The van der Waals surface area contributed by atoms with Crippen LogP contribution in [0, 0.1) is 5.92 Å². The molecule has 20 heavy (non-hydrogen) atoms. The third-order valence-corrected chi connectivity index (χ3v) is 3.89. The van der Waals surface area contributed by atoms with Gasteiger partial charge in [-0.3, -0.25) is 0 Å². The molecule has 1 heterocycles. The number of piperidine rings is 1. The van der Waals surface area contributed by atoms with E-state index in [0.29, 0.717) is 12.5 Å². The molecule has 0 radical (unpaired) electrons. The smallest absolute Gasteiger partial charge is 0.163 e. The molecule has 1 aliphatic rings. The Morgan fingerprint density at radius 3 is 2.45 bits per heavy atom. The Labute approximate surface area is 121 Å². The fraction of sp³-hybridized carbons (Fsp3) is 0.625. The first-order valence-electron chi connectivity index (χ1n) is 7.22. The van der Waals surface area contributed by atoms with E-state index in [4.69, 9.17) is 14.2 Å². The van der Waals surface area contributed by atoms with Gasteiger partial charge in [0.25, 0.3) is 0 Å². The van der Waals surface area contributed by atoms with E-state index >= 15 is 0 Å². The SMILES string of the molecule is COCc1cc(CC2CCNCC2)c(OC)c(OC)c1. The van der Waals surface area contributed by atoms with E-state index in [1.807, 2.05) is 6.07 Å². The first kappa shape index (κ1) is 15.1. The molecule has 0 aromatic heterocycles. The Balaban J connectivity index is 2.24. The zero-order valence-electron chi connectivity index (χ0n) is 12.7. The quantitative estimate of drug-likeness (QED) is 0.868. The summed E-state index contributed by atoms with van der Waals surface area (Å²) in [5.41, 5.74) is 2.36. The summed E-state index contributed by atoms with van der Waals surface area (Å²) >= 11 is 0. The van der Waals surface area contributed by atoms with Crippen molar-refractivity contribution >= 4 is 0 Å². The van der Waals surface area contributed by atoms with Crippen molar-refractivity contribution in [1.29, 1.82) is 0 Å². The second-order valence-electron chi connectivity index (χ2n) is 5.32. The predicted octanol–water partition coefficient (Wildman–Crippen LogP) is 2.39. The van der Waals surface area contributed by atoms with Crippen LogP contribution in [-0.2, 0) is 17.8 Å². The number of ether oxygens (including phenoxy) is 3. The molecule has 0 aliphatic carbocycles. The first-order valence-corrected chi connectivity index (χ1v) is 7.22. The normalized spacial score (nSPS) is 16.1. The highest BCUT2D eigenvalue weighted by Crippen LogP contribution is 2.35. The summed E-state index contributed by atoms with van der Waals surface area (Å²) in [4.78, 5) is 0. The van der Waals surface area contributed by atoms with Crippen LogP contribution in [-0.4, -0.2) is 34.4 Å². The minimum atomic E-state index is 0.597. The van der Waals surface area contributed by atoms with E-state index in [-0.39, 0.29) is 0 Å². The molecule has 0 saturated carbocycles. The summed E-state index contributed by atoms with van der Waals surface area (Å²) < 4.78 is 16.3. The maximum absolute atomic E-state index is 5.56. The van der Waals surface area contributed by atoms with Gasteiger partial charge in [0.15, 0.2) is 11.5 Å². The lowest BCUT2D eigenvalue weighted by molar-refractivity contribution is 0.184. The maximum atomic E-state index is 5.56. The van der Waals surface area contributed by atoms with Crippen molar-refractivity contribution in [2.45, 2.75) is 25.9 Å². The highest BCUT2D eigenvalue weighted by atomic mass is 16.5. The fourth-order valence-electron chi connectivity index (χ4n) is 2.90. The van der Waals surface area contributed by atoms with Gasteiger partial charge in [0.1, 0.15) is 0 Å². The van der Waals surface area contributed by atoms with Crippen molar-refractivity contribution in [2.75, 3.05) is 34.4 Å². The van der Waals surface area contributed by atoms with Gasteiger partial charge in [-0.2, -0.15) is 0 Å². The molecule has 112 valence electrons. The molecule has 0 spiro atoms. The van der Waals surface area contributed by atoms with E-state index in [1.54, 1.807) is 21.3 Å². The number of benzene rings is 1. The average Bonchev–Trinajstić information content (AvgIpc) is 2.48.